The van der Waals surface area contributed by atoms with Gasteiger partial charge in [-0.1, -0.05) is 23.9 Å². The third kappa shape index (κ3) is 3.30. The van der Waals surface area contributed by atoms with E-state index in [9.17, 15) is 8.78 Å². The van der Waals surface area contributed by atoms with E-state index in [2.05, 4.69) is 15.3 Å². The van der Waals surface area contributed by atoms with E-state index in [1.165, 1.54) is 6.20 Å². The average molecular weight is 268 g/mol. The van der Waals surface area contributed by atoms with Gasteiger partial charge in [0.05, 0.1) is 5.69 Å². The highest BCUT2D eigenvalue weighted by atomic mass is 32.2. The third-order valence-electron chi connectivity index (χ3n) is 2.04. The summed E-state index contributed by atoms with van der Waals surface area (Å²) in [7, 11) is 0. The van der Waals surface area contributed by atoms with Gasteiger partial charge in [0.2, 0.25) is 5.95 Å². The summed E-state index contributed by atoms with van der Waals surface area (Å²) < 4.78 is 24.8. The Bertz CT molecular complexity index is 536. The van der Waals surface area contributed by atoms with Crippen molar-refractivity contribution < 1.29 is 8.78 Å². The lowest BCUT2D eigenvalue weighted by Gasteiger charge is -2.10. The minimum atomic E-state index is -2.47. The van der Waals surface area contributed by atoms with Crippen LogP contribution in [0.2, 0.25) is 0 Å². The highest BCUT2D eigenvalue weighted by Gasteiger charge is 2.10. The maximum absolute atomic E-state index is 12.4. The van der Waals surface area contributed by atoms with Crippen molar-refractivity contribution in [2.24, 2.45) is 0 Å². The zero-order chi connectivity index (χ0) is 13.0. The molecule has 0 spiro atoms. The van der Waals surface area contributed by atoms with E-state index in [1.807, 2.05) is 0 Å². The molecule has 0 atom stereocenters. The minimum absolute atomic E-state index is 0.124. The van der Waals surface area contributed by atoms with E-state index in [4.69, 9.17) is 5.73 Å². The Labute approximate surface area is 107 Å². The summed E-state index contributed by atoms with van der Waals surface area (Å²) in [5, 5.41) is 2.93. The maximum Gasteiger partial charge on any atom is 0.288 e. The van der Waals surface area contributed by atoms with Crippen LogP contribution >= 0.6 is 11.8 Å². The molecule has 0 aliphatic rings. The van der Waals surface area contributed by atoms with Gasteiger partial charge in [-0.05, 0) is 18.2 Å². The van der Waals surface area contributed by atoms with Crippen LogP contribution in [0, 0.1) is 0 Å². The van der Waals surface area contributed by atoms with Crippen LogP contribution in [0.15, 0.2) is 41.4 Å². The number of aromatic nitrogens is 2. The summed E-state index contributed by atoms with van der Waals surface area (Å²) in [6, 6.07) is 8.37. The van der Waals surface area contributed by atoms with Crippen molar-refractivity contribution in [3.63, 3.8) is 0 Å². The molecule has 0 saturated carbocycles. The predicted octanol–water partition coefficient (Wildman–Crippen LogP) is 3.12. The number of hydrogen-bond acceptors (Lipinski definition) is 5. The molecule has 0 aliphatic heterocycles. The van der Waals surface area contributed by atoms with Crippen molar-refractivity contribution in [1.29, 1.82) is 0 Å². The van der Waals surface area contributed by atoms with E-state index in [1.54, 1.807) is 30.3 Å². The van der Waals surface area contributed by atoms with E-state index in [-0.39, 0.29) is 5.95 Å². The lowest BCUT2D eigenvalue weighted by Crippen LogP contribution is -2.00. The zero-order valence-corrected chi connectivity index (χ0v) is 9.99. The predicted molar refractivity (Wildman–Crippen MR) is 68.0 cm³/mol. The Morgan fingerprint density at radius 1 is 1.22 bits per heavy atom. The number of nitrogens with zero attached hydrogens (tertiary/aromatic N) is 2. The number of anilines is 3. The first-order valence-corrected chi connectivity index (χ1v) is 5.92. The number of nitrogen functional groups attached to an aromatic ring is 1. The van der Waals surface area contributed by atoms with Gasteiger partial charge in [0.15, 0.2) is 0 Å². The molecule has 1 aromatic heterocycles. The van der Waals surface area contributed by atoms with Gasteiger partial charge in [-0.25, -0.2) is 4.98 Å². The molecule has 1 aromatic carbocycles. The number of halogens is 2. The van der Waals surface area contributed by atoms with Crippen molar-refractivity contribution in [2.45, 2.75) is 10.7 Å². The van der Waals surface area contributed by atoms with E-state index >= 15 is 0 Å². The summed E-state index contributed by atoms with van der Waals surface area (Å²) in [4.78, 5) is 8.15. The summed E-state index contributed by atoms with van der Waals surface area (Å²) in [5.41, 5.74) is 6.00. The summed E-state index contributed by atoms with van der Waals surface area (Å²) >= 11 is 0.478. The van der Waals surface area contributed by atoms with Gasteiger partial charge in [0, 0.05) is 11.1 Å². The van der Waals surface area contributed by atoms with Crippen LogP contribution < -0.4 is 11.1 Å². The largest absolute Gasteiger partial charge is 0.368 e. The van der Waals surface area contributed by atoms with Crippen molar-refractivity contribution in [3.05, 3.63) is 36.5 Å². The number of para-hydroxylation sites is 1. The molecule has 4 nitrogen and oxygen atoms in total. The van der Waals surface area contributed by atoms with Crippen LogP contribution in [0.5, 0.6) is 0 Å². The quantitative estimate of drug-likeness (QED) is 0.834. The fourth-order valence-corrected chi connectivity index (χ4v) is 1.95. The number of nitrogens with two attached hydrogens (primary N) is 1. The van der Waals surface area contributed by atoms with Gasteiger partial charge in [0.25, 0.3) is 5.76 Å². The summed E-state index contributed by atoms with van der Waals surface area (Å²) in [6.45, 7) is 0. The van der Waals surface area contributed by atoms with Crippen LogP contribution in [0.4, 0.5) is 26.2 Å². The van der Waals surface area contributed by atoms with E-state index < -0.39 is 5.76 Å². The SMILES string of the molecule is Nc1nccc(Nc2ccccc2SC(F)F)n1. The van der Waals surface area contributed by atoms with Gasteiger partial charge < -0.3 is 11.1 Å². The van der Waals surface area contributed by atoms with Gasteiger partial charge in [-0.15, -0.1) is 0 Å². The Morgan fingerprint density at radius 2 is 2.00 bits per heavy atom. The molecule has 0 bridgehead atoms. The molecular weight excluding hydrogens is 258 g/mol. The van der Waals surface area contributed by atoms with Crippen LogP contribution in [0.25, 0.3) is 0 Å². The molecular formula is C11H10F2N4S. The average Bonchev–Trinajstić information content (AvgIpc) is 2.31. The Hall–Kier alpha value is -1.89. The standard InChI is InChI=1S/C11H10F2N4S/c12-10(13)18-8-4-2-1-3-7(8)16-9-5-6-15-11(14)17-9/h1-6,10H,(H3,14,15,16,17). The van der Waals surface area contributed by atoms with Crippen molar-refractivity contribution in [2.75, 3.05) is 11.1 Å². The Morgan fingerprint density at radius 3 is 2.72 bits per heavy atom. The van der Waals surface area contributed by atoms with Crippen molar-refractivity contribution >= 4 is 29.2 Å². The number of hydrogen-bond donors (Lipinski definition) is 2. The molecule has 3 N–H and O–H groups in total. The summed E-state index contributed by atoms with van der Waals surface area (Å²) in [5.74, 6) is -1.88. The maximum atomic E-state index is 12.4. The van der Waals surface area contributed by atoms with Gasteiger partial charge in [0.1, 0.15) is 5.82 Å². The highest BCUT2D eigenvalue weighted by molar-refractivity contribution is 7.99. The smallest absolute Gasteiger partial charge is 0.288 e. The lowest BCUT2D eigenvalue weighted by molar-refractivity contribution is 0.252. The number of nitrogens with one attached hydrogen (secondary N) is 1. The molecule has 0 unspecified atom stereocenters. The van der Waals surface area contributed by atoms with Gasteiger partial charge >= 0.3 is 0 Å². The van der Waals surface area contributed by atoms with E-state index in [0.29, 0.717) is 28.2 Å². The molecule has 2 aromatic rings. The second kappa shape index (κ2) is 5.63. The molecule has 0 amide bonds. The monoisotopic (exact) mass is 268 g/mol. The second-order valence-electron chi connectivity index (χ2n) is 3.30. The fourth-order valence-electron chi connectivity index (χ4n) is 1.35. The van der Waals surface area contributed by atoms with Gasteiger partial charge in [-0.2, -0.15) is 13.8 Å². The van der Waals surface area contributed by atoms with Crippen molar-refractivity contribution in [1.82, 2.24) is 9.97 Å². The molecule has 2 rings (SSSR count). The molecule has 18 heavy (non-hydrogen) atoms. The number of rotatable bonds is 4. The molecule has 7 heteroatoms. The van der Waals surface area contributed by atoms with Crippen LogP contribution in [0.3, 0.4) is 0 Å². The minimum Gasteiger partial charge on any atom is -0.368 e. The molecule has 94 valence electrons. The Kier molecular flexibility index (Phi) is 3.93. The van der Waals surface area contributed by atoms with Gasteiger partial charge in [-0.3, -0.25) is 0 Å². The zero-order valence-electron chi connectivity index (χ0n) is 9.18. The fraction of sp³-hybridized carbons (Fsp3) is 0.0909. The Balaban J connectivity index is 2.23. The number of thioether (sulfide) groups is 1. The number of benzene rings is 1. The lowest BCUT2D eigenvalue weighted by atomic mass is 10.3. The molecule has 1 heterocycles. The first-order chi connectivity index (χ1) is 8.65. The molecule has 0 radical (unpaired) electrons. The molecule has 0 fully saturated rings. The van der Waals surface area contributed by atoms with Crippen LogP contribution in [0.1, 0.15) is 0 Å². The molecule has 0 aliphatic carbocycles. The topological polar surface area (TPSA) is 63.8 Å². The first kappa shape index (κ1) is 12.6. The van der Waals surface area contributed by atoms with Crippen molar-refractivity contribution in [3.8, 4) is 0 Å². The van der Waals surface area contributed by atoms with Crippen LogP contribution in [-0.2, 0) is 0 Å². The third-order valence-corrected chi connectivity index (χ3v) is 2.83. The number of alkyl halides is 2. The summed E-state index contributed by atoms with van der Waals surface area (Å²) in [6.07, 6.45) is 1.49. The normalized spacial score (nSPS) is 10.6. The first-order valence-electron chi connectivity index (χ1n) is 5.04. The van der Waals surface area contributed by atoms with Crippen LogP contribution in [-0.4, -0.2) is 15.7 Å². The second-order valence-corrected chi connectivity index (χ2v) is 4.33. The highest BCUT2D eigenvalue weighted by Crippen LogP contribution is 2.32. The molecule has 0 saturated heterocycles. The van der Waals surface area contributed by atoms with E-state index in [0.717, 1.165) is 0 Å².